The Hall–Kier alpha value is -0.200. The van der Waals surface area contributed by atoms with Crippen LogP contribution in [0.2, 0.25) is 0 Å². The maximum absolute atomic E-state index is 11.6. The first-order valence-corrected chi connectivity index (χ1v) is 6.60. The van der Waals surface area contributed by atoms with Crippen molar-refractivity contribution in [3.63, 3.8) is 0 Å². The number of nitrogens with one attached hydrogen (secondary N) is 1. The van der Waals surface area contributed by atoms with Gasteiger partial charge in [-0.15, -0.1) is 0 Å². The second kappa shape index (κ2) is 4.12. The monoisotopic (exact) mass is 236 g/mol. The molecule has 1 aliphatic carbocycles. The minimum absolute atomic E-state index is 0.0843. The number of nitrogens with two attached hydrogens (primary N) is 1. The second-order valence-corrected chi connectivity index (χ2v) is 6.45. The van der Waals surface area contributed by atoms with Crippen LogP contribution in [-0.2, 0) is 10.0 Å². The van der Waals surface area contributed by atoms with Gasteiger partial charge >= 0.3 is 0 Å². The Morgan fingerprint density at radius 2 is 2.00 bits per heavy atom. The fraction of sp³-hybridized carbons (Fsp3) is 0.875. The van der Waals surface area contributed by atoms with Gasteiger partial charge in [0.2, 0.25) is 10.0 Å². The molecule has 0 bridgehead atoms. The molecule has 14 heavy (non-hydrogen) atoms. The van der Waals surface area contributed by atoms with Gasteiger partial charge in [-0.05, 0) is 18.8 Å². The Morgan fingerprint density at radius 3 is 2.29 bits per heavy atom. The lowest BCUT2D eigenvalue weighted by molar-refractivity contribution is 0.525. The predicted molar refractivity (Wildman–Crippen MR) is 60.5 cm³/mol. The van der Waals surface area contributed by atoms with Gasteiger partial charge in [0.05, 0.1) is 16.3 Å². The van der Waals surface area contributed by atoms with Gasteiger partial charge in [-0.25, -0.2) is 13.1 Å². The average Bonchev–Trinajstić information content (AvgIpc) is 2.80. The standard InChI is InChI=1S/C8H16N2O2S2/c1-5(2)7(8(9)13)10-14(11,12)6-3-4-6/h5-7,10H,3-4H2,1-2H3,(H2,9,13). The fourth-order valence-corrected chi connectivity index (χ4v) is 3.28. The molecule has 1 aliphatic rings. The lowest BCUT2D eigenvalue weighted by atomic mass is 10.1. The average molecular weight is 236 g/mol. The summed E-state index contributed by atoms with van der Waals surface area (Å²) in [6.45, 7) is 3.78. The SMILES string of the molecule is CC(C)C(NS(=O)(=O)C1CC1)C(N)=S. The zero-order valence-electron chi connectivity index (χ0n) is 8.36. The van der Waals surface area contributed by atoms with Crippen LogP contribution in [0.3, 0.4) is 0 Å². The molecule has 1 saturated carbocycles. The summed E-state index contributed by atoms with van der Waals surface area (Å²) < 4.78 is 25.7. The highest BCUT2D eigenvalue weighted by Crippen LogP contribution is 2.28. The summed E-state index contributed by atoms with van der Waals surface area (Å²) in [5.41, 5.74) is 5.47. The molecule has 6 heteroatoms. The highest BCUT2D eigenvalue weighted by atomic mass is 32.2. The van der Waals surface area contributed by atoms with Crippen molar-refractivity contribution in [2.75, 3.05) is 0 Å². The molecule has 3 N–H and O–H groups in total. The molecule has 0 heterocycles. The largest absolute Gasteiger partial charge is 0.392 e. The number of rotatable bonds is 5. The molecular weight excluding hydrogens is 220 g/mol. The Labute approximate surface area is 90.3 Å². The van der Waals surface area contributed by atoms with Gasteiger partial charge < -0.3 is 5.73 Å². The van der Waals surface area contributed by atoms with Crippen molar-refractivity contribution >= 4 is 27.2 Å². The Morgan fingerprint density at radius 1 is 1.50 bits per heavy atom. The molecule has 1 fully saturated rings. The quantitative estimate of drug-likeness (QED) is 0.677. The molecule has 0 aromatic rings. The second-order valence-electron chi connectivity index (χ2n) is 3.99. The van der Waals surface area contributed by atoms with Gasteiger partial charge in [0.1, 0.15) is 0 Å². The first-order chi connectivity index (χ1) is 6.34. The van der Waals surface area contributed by atoms with E-state index in [1.54, 1.807) is 0 Å². The van der Waals surface area contributed by atoms with Crippen LogP contribution in [0.4, 0.5) is 0 Å². The van der Waals surface area contributed by atoms with E-state index in [-0.39, 0.29) is 16.2 Å². The molecule has 1 unspecified atom stereocenters. The predicted octanol–water partition coefficient (Wildman–Crippen LogP) is 0.379. The third-order valence-corrected chi connectivity index (χ3v) is 4.41. The van der Waals surface area contributed by atoms with E-state index < -0.39 is 16.1 Å². The van der Waals surface area contributed by atoms with Gasteiger partial charge in [-0.2, -0.15) is 0 Å². The molecule has 4 nitrogen and oxygen atoms in total. The van der Waals surface area contributed by atoms with Crippen molar-refractivity contribution in [1.82, 2.24) is 4.72 Å². The van der Waals surface area contributed by atoms with Gasteiger partial charge in [-0.1, -0.05) is 26.1 Å². The van der Waals surface area contributed by atoms with Crippen molar-refractivity contribution in [3.05, 3.63) is 0 Å². The number of thiocarbonyl (C=S) groups is 1. The maximum Gasteiger partial charge on any atom is 0.215 e. The summed E-state index contributed by atoms with van der Waals surface area (Å²) in [6, 6.07) is -0.421. The number of sulfonamides is 1. The van der Waals surface area contributed by atoms with Crippen LogP contribution in [0.1, 0.15) is 26.7 Å². The molecule has 0 amide bonds. The van der Waals surface area contributed by atoms with Gasteiger partial charge in [0.15, 0.2) is 0 Å². The van der Waals surface area contributed by atoms with Crippen molar-refractivity contribution < 1.29 is 8.42 Å². The van der Waals surface area contributed by atoms with E-state index in [1.165, 1.54) is 0 Å². The summed E-state index contributed by atoms with van der Waals surface area (Å²) in [7, 11) is -3.19. The normalized spacial score (nSPS) is 19.6. The zero-order chi connectivity index (χ0) is 10.9. The molecular formula is C8H16N2O2S2. The zero-order valence-corrected chi connectivity index (χ0v) is 9.99. The number of hydrogen-bond acceptors (Lipinski definition) is 3. The molecule has 0 saturated heterocycles. The van der Waals surface area contributed by atoms with Crippen LogP contribution in [0.15, 0.2) is 0 Å². The van der Waals surface area contributed by atoms with Gasteiger partial charge in [0, 0.05) is 0 Å². The molecule has 0 radical (unpaired) electrons. The summed E-state index contributed by atoms with van der Waals surface area (Å²) >= 11 is 4.82. The van der Waals surface area contributed by atoms with Crippen LogP contribution in [0, 0.1) is 5.92 Å². The summed E-state index contributed by atoms with van der Waals surface area (Å²) in [5, 5.41) is -0.224. The summed E-state index contributed by atoms with van der Waals surface area (Å²) in [6.07, 6.45) is 1.50. The highest BCUT2D eigenvalue weighted by molar-refractivity contribution is 7.90. The Kier molecular flexibility index (Phi) is 3.49. The molecule has 1 rings (SSSR count). The maximum atomic E-state index is 11.6. The third-order valence-electron chi connectivity index (χ3n) is 2.23. The smallest absolute Gasteiger partial charge is 0.215 e. The van der Waals surface area contributed by atoms with Crippen LogP contribution >= 0.6 is 12.2 Å². The molecule has 0 aromatic carbocycles. The van der Waals surface area contributed by atoms with Crippen LogP contribution in [0.25, 0.3) is 0 Å². The minimum atomic E-state index is -3.19. The van der Waals surface area contributed by atoms with Gasteiger partial charge in [0.25, 0.3) is 0 Å². The molecule has 82 valence electrons. The van der Waals surface area contributed by atoms with Crippen molar-refractivity contribution in [2.24, 2.45) is 11.7 Å². The van der Waals surface area contributed by atoms with E-state index in [0.717, 1.165) is 12.8 Å². The van der Waals surface area contributed by atoms with E-state index in [0.29, 0.717) is 0 Å². The third kappa shape index (κ3) is 2.90. The van der Waals surface area contributed by atoms with E-state index in [4.69, 9.17) is 18.0 Å². The fourth-order valence-electron chi connectivity index (χ4n) is 1.17. The first-order valence-electron chi connectivity index (χ1n) is 4.65. The summed E-state index contributed by atoms with van der Waals surface area (Å²) in [5.74, 6) is 0.0843. The highest BCUT2D eigenvalue weighted by Gasteiger charge is 2.37. The van der Waals surface area contributed by atoms with E-state index >= 15 is 0 Å². The molecule has 1 atom stereocenters. The Bertz CT molecular complexity index is 320. The van der Waals surface area contributed by atoms with Crippen LogP contribution in [-0.4, -0.2) is 24.7 Å². The molecule has 0 aliphatic heterocycles. The minimum Gasteiger partial charge on any atom is -0.392 e. The van der Waals surface area contributed by atoms with Gasteiger partial charge in [-0.3, -0.25) is 0 Å². The van der Waals surface area contributed by atoms with Crippen molar-refractivity contribution in [2.45, 2.75) is 38.0 Å². The Balaban J connectivity index is 2.68. The van der Waals surface area contributed by atoms with E-state index in [1.807, 2.05) is 13.8 Å². The molecule has 0 spiro atoms. The lowest BCUT2D eigenvalue weighted by Crippen LogP contribution is -2.47. The summed E-state index contributed by atoms with van der Waals surface area (Å²) in [4.78, 5) is 0.212. The van der Waals surface area contributed by atoms with Crippen LogP contribution < -0.4 is 10.5 Å². The van der Waals surface area contributed by atoms with Crippen LogP contribution in [0.5, 0.6) is 0 Å². The lowest BCUT2D eigenvalue weighted by Gasteiger charge is -2.20. The number of hydrogen-bond donors (Lipinski definition) is 2. The topological polar surface area (TPSA) is 72.2 Å². The van der Waals surface area contributed by atoms with E-state index in [2.05, 4.69) is 4.72 Å². The van der Waals surface area contributed by atoms with Crippen molar-refractivity contribution in [3.8, 4) is 0 Å². The molecule has 0 aromatic heterocycles. The van der Waals surface area contributed by atoms with E-state index in [9.17, 15) is 8.42 Å². The van der Waals surface area contributed by atoms with Crippen molar-refractivity contribution in [1.29, 1.82) is 0 Å². The first kappa shape index (κ1) is 11.9.